The average Bonchev–Trinajstić information content (AvgIpc) is 3.19. The molecule has 0 N–H and O–H groups in total. The van der Waals surface area contributed by atoms with Gasteiger partial charge in [-0.2, -0.15) is 0 Å². The van der Waals surface area contributed by atoms with Crippen molar-refractivity contribution in [2.75, 3.05) is 0 Å². The molecule has 0 fully saturated rings. The maximum Gasteiger partial charge on any atom is 0.0702 e. The van der Waals surface area contributed by atoms with Crippen molar-refractivity contribution in [3.63, 3.8) is 0 Å². The molecule has 0 radical (unpaired) electrons. The van der Waals surface area contributed by atoms with Crippen LogP contribution in [-0.2, 0) is 0 Å². The average molecular weight is 614 g/mol. The molecule has 0 unspecified atom stereocenters. The zero-order chi connectivity index (χ0) is 32.1. The highest BCUT2D eigenvalue weighted by Gasteiger charge is 2.16. The van der Waals surface area contributed by atoms with E-state index >= 15 is 0 Å². The maximum atomic E-state index is 4.87. The highest BCUT2D eigenvalue weighted by molar-refractivity contribution is 5.93. The predicted octanol–water partition coefficient (Wildman–Crippen LogP) is 11.5. The van der Waals surface area contributed by atoms with Crippen LogP contribution in [0.5, 0.6) is 0 Å². The predicted molar refractivity (Wildman–Crippen MR) is 198 cm³/mol. The van der Waals surface area contributed by atoms with Crippen molar-refractivity contribution >= 4 is 0 Å². The van der Waals surface area contributed by atoms with Gasteiger partial charge in [0.15, 0.2) is 0 Å². The molecular weight excluding hydrogens is 583 g/mol. The van der Waals surface area contributed by atoms with Gasteiger partial charge in [-0.05, 0) is 86.5 Å². The van der Waals surface area contributed by atoms with Gasteiger partial charge in [-0.3, -0.25) is 15.0 Å². The second-order valence-electron chi connectivity index (χ2n) is 11.7. The summed E-state index contributed by atoms with van der Waals surface area (Å²) in [6, 6.07) is 55.5. The standard InChI is InChI=1S/C45H31N3/c1-2-12-32(13-3-1)45-23-22-35(31-48-45)41-18-6-9-21-44(41)38-27-36(42-19-7-4-16-39(42)33-14-10-24-46-29-33)26-37(28-38)43-20-8-5-17-40(43)34-15-11-25-47-30-34/h1-31H. The van der Waals surface area contributed by atoms with Crippen LogP contribution in [-0.4, -0.2) is 15.0 Å². The molecule has 0 aliphatic rings. The molecule has 3 aromatic heterocycles. The molecule has 0 saturated carbocycles. The third kappa shape index (κ3) is 5.81. The van der Waals surface area contributed by atoms with Crippen molar-refractivity contribution in [1.82, 2.24) is 15.0 Å². The summed E-state index contributed by atoms with van der Waals surface area (Å²) in [4.78, 5) is 13.7. The van der Waals surface area contributed by atoms with E-state index in [2.05, 4.69) is 137 Å². The van der Waals surface area contributed by atoms with E-state index in [1.807, 2.05) is 61.3 Å². The van der Waals surface area contributed by atoms with E-state index in [0.717, 1.165) is 78.0 Å². The largest absolute Gasteiger partial charge is 0.264 e. The van der Waals surface area contributed by atoms with Crippen LogP contribution < -0.4 is 0 Å². The van der Waals surface area contributed by atoms with Gasteiger partial charge in [0.1, 0.15) is 0 Å². The van der Waals surface area contributed by atoms with Crippen LogP contribution in [0, 0.1) is 0 Å². The monoisotopic (exact) mass is 613 g/mol. The summed E-state index contributed by atoms with van der Waals surface area (Å²) in [6.07, 6.45) is 9.49. The Hall–Kier alpha value is -6.45. The highest BCUT2D eigenvalue weighted by Crippen LogP contribution is 2.42. The van der Waals surface area contributed by atoms with Crippen molar-refractivity contribution in [2.24, 2.45) is 0 Å². The first-order valence-electron chi connectivity index (χ1n) is 16.1. The molecule has 3 heteroatoms. The Kier molecular flexibility index (Phi) is 7.92. The van der Waals surface area contributed by atoms with Crippen LogP contribution in [0.2, 0.25) is 0 Å². The highest BCUT2D eigenvalue weighted by atomic mass is 14.7. The molecule has 0 aliphatic heterocycles. The molecule has 48 heavy (non-hydrogen) atoms. The first-order chi connectivity index (χ1) is 23.8. The van der Waals surface area contributed by atoms with Gasteiger partial charge in [0.25, 0.3) is 0 Å². The Morgan fingerprint density at radius 1 is 0.271 bits per heavy atom. The number of hydrogen-bond donors (Lipinski definition) is 0. The summed E-state index contributed by atoms with van der Waals surface area (Å²) in [6.45, 7) is 0. The summed E-state index contributed by atoms with van der Waals surface area (Å²) in [5.74, 6) is 0. The van der Waals surface area contributed by atoms with Gasteiger partial charge in [-0.1, -0.05) is 121 Å². The number of nitrogens with zero attached hydrogens (tertiary/aromatic N) is 3. The Labute approximate surface area is 280 Å². The number of benzene rings is 5. The van der Waals surface area contributed by atoms with E-state index in [4.69, 9.17) is 4.98 Å². The van der Waals surface area contributed by atoms with Gasteiger partial charge in [0, 0.05) is 53.2 Å². The smallest absolute Gasteiger partial charge is 0.0702 e. The van der Waals surface area contributed by atoms with Gasteiger partial charge in [0.05, 0.1) is 5.69 Å². The molecule has 5 aromatic carbocycles. The molecule has 3 heterocycles. The van der Waals surface area contributed by atoms with Crippen molar-refractivity contribution in [3.05, 3.63) is 189 Å². The SMILES string of the molecule is c1ccc(-c2ccc(-c3ccccc3-c3cc(-c4ccccc4-c4cccnc4)cc(-c4ccccc4-c4cccnc4)c3)cn2)cc1. The van der Waals surface area contributed by atoms with Crippen molar-refractivity contribution in [1.29, 1.82) is 0 Å². The summed E-state index contributed by atoms with van der Waals surface area (Å²) in [5.41, 5.74) is 15.6. The number of hydrogen-bond acceptors (Lipinski definition) is 3. The lowest BCUT2D eigenvalue weighted by molar-refractivity contribution is 1.32. The zero-order valence-electron chi connectivity index (χ0n) is 26.2. The quantitative estimate of drug-likeness (QED) is 0.179. The van der Waals surface area contributed by atoms with Crippen LogP contribution >= 0.6 is 0 Å². The molecule has 0 atom stereocenters. The molecule has 8 rings (SSSR count). The molecule has 8 aromatic rings. The molecule has 0 aliphatic carbocycles. The third-order valence-corrected chi connectivity index (χ3v) is 8.74. The second-order valence-corrected chi connectivity index (χ2v) is 11.7. The Bertz CT molecular complexity index is 2210. The minimum atomic E-state index is 0.958. The Balaban J connectivity index is 1.33. The number of aromatic nitrogens is 3. The molecule has 0 bridgehead atoms. The fourth-order valence-electron chi connectivity index (χ4n) is 6.43. The van der Waals surface area contributed by atoms with E-state index in [1.54, 1.807) is 0 Å². The Morgan fingerprint density at radius 3 is 1.02 bits per heavy atom. The van der Waals surface area contributed by atoms with Gasteiger partial charge in [0.2, 0.25) is 0 Å². The van der Waals surface area contributed by atoms with Crippen LogP contribution in [0.25, 0.3) is 78.0 Å². The molecule has 0 saturated heterocycles. The van der Waals surface area contributed by atoms with Crippen molar-refractivity contribution in [2.45, 2.75) is 0 Å². The van der Waals surface area contributed by atoms with Gasteiger partial charge < -0.3 is 0 Å². The van der Waals surface area contributed by atoms with Crippen LogP contribution in [0.15, 0.2) is 189 Å². The van der Waals surface area contributed by atoms with Crippen molar-refractivity contribution in [3.8, 4) is 78.0 Å². The lowest BCUT2D eigenvalue weighted by Crippen LogP contribution is -1.92. The fourth-order valence-corrected chi connectivity index (χ4v) is 6.43. The van der Waals surface area contributed by atoms with Crippen molar-refractivity contribution < 1.29 is 0 Å². The van der Waals surface area contributed by atoms with E-state index in [1.165, 1.54) is 0 Å². The molecule has 3 nitrogen and oxygen atoms in total. The van der Waals surface area contributed by atoms with Gasteiger partial charge in [-0.15, -0.1) is 0 Å². The minimum Gasteiger partial charge on any atom is -0.264 e. The van der Waals surface area contributed by atoms with E-state index in [-0.39, 0.29) is 0 Å². The lowest BCUT2D eigenvalue weighted by atomic mass is 9.86. The summed E-state index contributed by atoms with van der Waals surface area (Å²) in [5, 5.41) is 0. The zero-order valence-corrected chi connectivity index (χ0v) is 26.2. The summed E-state index contributed by atoms with van der Waals surface area (Å²) in [7, 11) is 0. The normalized spacial score (nSPS) is 10.9. The molecule has 0 spiro atoms. The second kappa shape index (κ2) is 13.1. The van der Waals surface area contributed by atoms with Crippen LogP contribution in [0.3, 0.4) is 0 Å². The van der Waals surface area contributed by atoms with E-state index in [0.29, 0.717) is 0 Å². The molecular formula is C45H31N3. The van der Waals surface area contributed by atoms with Crippen LogP contribution in [0.4, 0.5) is 0 Å². The molecule has 226 valence electrons. The topological polar surface area (TPSA) is 38.7 Å². The van der Waals surface area contributed by atoms with Gasteiger partial charge in [-0.25, -0.2) is 0 Å². The van der Waals surface area contributed by atoms with E-state index < -0.39 is 0 Å². The summed E-state index contributed by atoms with van der Waals surface area (Å²) >= 11 is 0. The molecule has 0 amide bonds. The maximum absolute atomic E-state index is 4.87. The van der Waals surface area contributed by atoms with E-state index in [9.17, 15) is 0 Å². The lowest BCUT2D eigenvalue weighted by Gasteiger charge is -2.17. The third-order valence-electron chi connectivity index (χ3n) is 8.74. The number of rotatable bonds is 7. The Morgan fingerprint density at radius 2 is 0.646 bits per heavy atom. The summed E-state index contributed by atoms with van der Waals surface area (Å²) < 4.78 is 0. The first kappa shape index (κ1) is 29.0. The van der Waals surface area contributed by atoms with Gasteiger partial charge >= 0.3 is 0 Å². The minimum absolute atomic E-state index is 0.958. The number of pyridine rings is 3. The first-order valence-corrected chi connectivity index (χ1v) is 16.1. The van der Waals surface area contributed by atoms with Crippen LogP contribution in [0.1, 0.15) is 0 Å². The fraction of sp³-hybridized carbons (Fsp3) is 0.